The molecule has 1 atom stereocenters. The fourth-order valence-corrected chi connectivity index (χ4v) is 1.62. The highest BCUT2D eigenvalue weighted by atomic mass is 35.5. The monoisotopic (exact) mass is 276 g/mol. The SMILES string of the molecule is CC(C)NCC(C)NCc1cc(F)c(Cl)cc1F. The second-order valence-corrected chi connectivity index (χ2v) is 5.11. The third-order valence-corrected chi connectivity index (χ3v) is 2.85. The Morgan fingerprint density at radius 2 is 1.78 bits per heavy atom. The number of benzene rings is 1. The van der Waals surface area contributed by atoms with Gasteiger partial charge in [-0.2, -0.15) is 0 Å². The highest BCUT2D eigenvalue weighted by molar-refractivity contribution is 6.30. The topological polar surface area (TPSA) is 24.1 Å². The first kappa shape index (κ1) is 15.3. The van der Waals surface area contributed by atoms with Crippen LogP contribution in [0.3, 0.4) is 0 Å². The van der Waals surface area contributed by atoms with Gasteiger partial charge in [0.15, 0.2) is 0 Å². The molecule has 0 amide bonds. The lowest BCUT2D eigenvalue weighted by atomic mass is 10.2. The lowest BCUT2D eigenvalue weighted by Gasteiger charge is -2.17. The fraction of sp³-hybridized carbons (Fsp3) is 0.538. The molecular weight excluding hydrogens is 258 g/mol. The van der Waals surface area contributed by atoms with Gasteiger partial charge in [0.1, 0.15) is 11.6 Å². The highest BCUT2D eigenvalue weighted by Gasteiger charge is 2.09. The molecule has 0 saturated carbocycles. The van der Waals surface area contributed by atoms with Crippen LogP contribution in [-0.2, 0) is 6.54 Å². The minimum absolute atomic E-state index is 0.172. The van der Waals surface area contributed by atoms with E-state index in [0.717, 1.165) is 18.7 Å². The summed E-state index contributed by atoms with van der Waals surface area (Å²) in [5.74, 6) is -1.08. The molecule has 5 heteroatoms. The van der Waals surface area contributed by atoms with Gasteiger partial charge in [-0.15, -0.1) is 0 Å². The molecule has 0 radical (unpaired) electrons. The molecule has 0 aliphatic rings. The van der Waals surface area contributed by atoms with Gasteiger partial charge in [0.2, 0.25) is 0 Å². The summed E-state index contributed by atoms with van der Waals surface area (Å²) in [5.41, 5.74) is 0.285. The zero-order chi connectivity index (χ0) is 13.7. The zero-order valence-electron chi connectivity index (χ0n) is 10.9. The standard InChI is InChI=1S/C13H19ClF2N2/c1-8(2)17-6-9(3)18-7-10-4-13(16)11(14)5-12(10)15/h4-5,8-9,17-18H,6-7H2,1-3H3. The van der Waals surface area contributed by atoms with E-state index in [1.54, 1.807) is 0 Å². The van der Waals surface area contributed by atoms with E-state index in [-0.39, 0.29) is 23.2 Å². The molecule has 0 aliphatic heterocycles. The summed E-state index contributed by atoms with van der Waals surface area (Å²) < 4.78 is 26.7. The summed E-state index contributed by atoms with van der Waals surface area (Å²) in [7, 11) is 0. The first-order chi connectivity index (χ1) is 8.40. The third kappa shape index (κ3) is 4.88. The van der Waals surface area contributed by atoms with Gasteiger partial charge in [-0.1, -0.05) is 25.4 Å². The number of hydrogen-bond acceptors (Lipinski definition) is 2. The lowest BCUT2D eigenvalue weighted by Crippen LogP contribution is -2.38. The van der Waals surface area contributed by atoms with E-state index >= 15 is 0 Å². The molecule has 0 heterocycles. The molecule has 102 valence electrons. The van der Waals surface area contributed by atoms with Gasteiger partial charge in [-0.25, -0.2) is 8.78 Å². The first-order valence-corrected chi connectivity index (χ1v) is 6.38. The Hall–Kier alpha value is -0.710. The van der Waals surface area contributed by atoms with Crippen LogP contribution in [0, 0.1) is 11.6 Å². The number of halogens is 3. The maximum absolute atomic E-state index is 13.5. The Morgan fingerprint density at radius 1 is 1.11 bits per heavy atom. The van der Waals surface area contributed by atoms with Gasteiger partial charge in [-0.05, 0) is 19.1 Å². The normalized spacial score (nSPS) is 13.1. The molecule has 1 rings (SSSR count). The molecule has 1 aromatic carbocycles. The van der Waals surface area contributed by atoms with Crippen molar-refractivity contribution in [2.24, 2.45) is 0 Å². The van der Waals surface area contributed by atoms with Gasteiger partial charge in [0.25, 0.3) is 0 Å². The Labute approximate surface area is 112 Å². The van der Waals surface area contributed by atoms with Crippen LogP contribution in [0.1, 0.15) is 26.3 Å². The molecule has 18 heavy (non-hydrogen) atoms. The molecule has 1 aromatic rings. The Bertz CT molecular complexity index is 397. The van der Waals surface area contributed by atoms with Crippen LogP contribution in [0.15, 0.2) is 12.1 Å². The van der Waals surface area contributed by atoms with Gasteiger partial charge >= 0.3 is 0 Å². The highest BCUT2D eigenvalue weighted by Crippen LogP contribution is 2.19. The molecule has 0 aromatic heterocycles. The van der Waals surface area contributed by atoms with Crippen molar-refractivity contribution in [1.82, 2.24) is 10.6 Å². The van der Waals surface area contributed by atoms with Gasteiger partial charge in [0.05, 0.1) is 5.02 Å². The molecule has 0 spiro atoms. The van der Waals surface area contributed by atoms with E-state index in [9.17, 15) is 8.78 Å². The minimum atomic E-state index is -0.595. The maximum atomic E-state index is 13.5. The summed E-state index contributed by atoms with van der Waals surface area (Å²) in [4.78, 5) is 0. The zero-order valence-corrected chi connectivity index (χ0v) is 11.6. The molecule has 0 aliphatic carbocycles. The Kier molecular flexibility index (Phi) is 5.99. The summed E-state index contributed by atoms with van der Waals surface area (Å²) in [6.07, 6.45) is 0. The van der Waals surface area contributed by atoms with Crippen LogP contribution >= 0.6 is 11.6 Å². The number of nitrogens with one attached hydrogen (secondary N) is 2. The van der Waals surface area contributed by atoms with Crippen LogP contribution in [-0.4, -0.2) is 18.6 Å². The summed E-state index contributed by atoms with van der Waals surface area (Å²) in [6.45, 7) is 7.15. The predicted molar refractivity (Wildman–Crippen MR) is 70.8 cm³/mol. The number of rotatable bonds is 6. The minimum Gasteiger partial charge on any atom is -0.313 e. The van der Waals surface area contributed by atoms with Crippen molar-refractivity contribution in [1.29, 1.82) is 0 Å². The largest absolute Gasteiger partial charge is 0.313 e. The summed E-state index contributed by atoms with van der Waals surface area (Å²) >= 11 is 5.49. The van der Waals surface area contributed by atoms with E-state index in [1.165, 1.54) is 0 Å². The molecule has 1 unspecified atom stereocenters. The maximum Gasteiger partial charge on any atom is 0.142 e. The molecule has 2 nitrogen and oxygen atoms in total. The Balaban J connectivity index is 2.50. The fourth-order valence-electron chi connectivity index (χ4n) is 1.47. The molecule has 0 saturated heterocycles. The van der Waals surface area contributed by atoms with E-state index in [0.29, 0.717) is 6.04 Å². The second-order valence-electron chi connectivity index (χ2n) is 4.70. The van der Waals surface area contributed by atoms with Crippen molar-refractivity contribution in [2.75, 3.05) is 6.54 Å². The second kappa shape index (κ2) is 7.02. The summed E-state index contributed by atoms with van der Waals surface area (Å²) in [5, 5.41) is 6.21. The van der Waals surface area contributed by atoms with E-state index in [1.807, 2.05) is 6.92 Å². The van der Waals surface area contributed by atoms with E-state index in [2.05, 4.69) is 24.5 Å². The quantitative estimate of drug-likeness (QED) is 0.780. The van der Waals surface area contributed by atoms with Crippen LogP contribution in [0.5, 0.6) is 0 Å². The molecule has 2 N–H and O–H groups in total. The average molecular weight is 277 g/mol. The Morgan fingerprint density at radius 3 is 2.39 bits per heavy atom. The molecular formula is C13H19ClF2N2. The van der Waals surface area contributed by atoms with Gasteiger partial charge in [0, 0.05) is 30.7 Å². The molecule has 0 fully saturated rings. The van der Waals surface area contributed by atoms with Crippen molar-refractivity contribution in [3.05, 3.63) is 34.4 Å². The van der Waals surface area contributed by atoms with Crippen molar-refractivity contribution >= 4 is 11.6 Å². The summed E-state index contributed by atoms with van der Waals surface area (Å²) in [6, 6.07) is 2.71. The van der Waals surface area contributed by atoms with E-state index in [4.69, 9.17) is 11.6 Å². The van der Waals surface area contributed by atoms with Crippen LogP contribution < -0.4 is 10.6 Å². The van der Waals surface area contributed by atoms with Crippen LogP contribution in [0.4, 0.5) is 8.78 Å². The van der Waals surface area contributed by atoms with Crippen molar-refractivity contribution in [3.8, 4) is 0 Å². The van der Waals surface area contributed by atoms with E-state index < -0.39 is 11.6 Å². The third-order valence-electron chi connectivity index (χ3n) is 2.56. The molecule has 0 bridgehead atoms. The first-order valence-electron chi connectivity index (χ1n) is 6.00. The van der Waals surface area contributed by atoms with Crippen LogP contribution in [0.25, 0.3) is 0 Å². The van der Waals surface area contributed by atoms with Gasteiger partial charge < -0.3 is 10.6 Å². The van der Waals surface area contributed by atoms with Crippen molar-refractivity contribution in [2.45, 2.75) is 39.4 Å². The predicted octanol–water partition coefficient (Wildman–Crippen LogP) is 3.09. The van der Waals surface area contributed by atoms with Crippen LogP contribution in [0.2, 0.25) is 5.02 Å². The average Bonchev–Trinajstić information content (AvgIpc) is 2.29. The van der Waals surface area contributed by atoms with Crippen molar-refractivity contribution in [3.63, 3.8) is 0 Å². The van der Waals surface area contributed by atoms with Crippen molar-refractivity contribution < 1.29 is 8.78 Å². The smallest absolute Gasteiger partial charge is 0.142 e. The lowest BCUT2D eigenvalue weighted by molar-refractivity contribution is 0.466. The number of hydrogen-bond donors (Lipinski definition) is 2. The van der Waals surface area contributed by atoms with Gasteiger partial charge in [-0.3, -0.25) is 0 Å².